The molecule has 3 aromatic rings. The summed E-state index contributed by atoms with van der Waals surface area (Å²) < 4.78 is 35.9. The molecule has 0 saturated heterocycles. The minimum Gasteiger partial charge on any atom is -0.459 e. The van der Waals surface area contributed by atoms with Gasteiger partial charge in [-0.1, -0.05) is 60.7 Å². The lowest BCUT2D eigenvalue weighted by atomic mass is 10.1. The molecule has 0 saturated carbocycles. The molecule has 0 N–H and O–H groups in total. The van der Waals surface area contributed by atoms with E-state index in [2.05, 4.69) is 0 Å². The summed E-state index contributed by atoms with van der Waals surface area (Å²) in [5, 5.41) is 10.8. The summed E-state index contributed by atoms with van der Waals surface area (Å²) in [5.41, 5.74) is 1.40. The van der Waals surface area contributed by atoms with Crippen LogP contribution in [0.3, 0.4) is 0 Å². The van der Waals surface area contributed by atoms with Crippen LogP contribution in [-0.2, 0) is 36.9 Å². The van der Waals surface area contributed by atoms with Crippen molar-refractivity contribution in [3.63, 3.8) is 0 Å². The van der Waals surface area contributed by atoms with Crippen molar-refractivity contribution >= 4 is 21.8 Å². The fourth-order valence-corrected chi connectivity index (χ4v) is 3.97. The molecule has 0 aliphatic carbocycles. The minimum absolute atomic E-state index is 0.0253. The lowest BCUT2D eigenvalue weighted by Crippen LogP contribution is -2.30. The first kappa shape index (κ1) is 23.1. The van der Waals surface area contributed by atoms with Gasteiger partial charge in [0.25, 0.3) is 15.8 Å². The summed E-state index contributed by atoms with van der Waals surface area (Å²) in [6.07, 6.45) is -0.912. The van der Waals surface area contributed by atoms with E-state index in [4.69, 9.17) is 8.92 Å². The monoisotopic (exact) mass is 455 g/mol. The number of carbonyl (C=O) groups excluding carboxylic acids is 1. The number of nitro groups is 1. The molecule has 166 valence electrons. The largest absolute Gasteiger partial charge is 0.459 e. The number of hydrogen-bond acceptors (Lipinski definition) is 7. The SMILES string of the molecule is O=C(OCc1ccccc1)[C@@H](CCc1ccccc1)OS(=O)(=O)c1ccc([N+](=O)[O-])cc1. The van der Waals surface area contributed by atoms with Crippen molar-refractivity contribution in [1.29, 1.82) is 0 Å². The Morgan fingerprint density at radius 2 is 1.44 bits per heavy atom. The van der Waals surface area contributed by atoms with Gasteiger partial charge in [0.2, 0.25) is 0 Å². The Balaban J connectivity index is 1.75. The first-order chi connectivity index (χ1) is 15.3. The molecule has 3 rings (SSSR count). The molecule has 0 radical (unpaired) electrons. The van der Waals surface area contributed by atoms with Gasteiger partial charge in [-0.3, -0.25) is 14.3 Å². The molecule has 0 fully saturated rings. The Labute approximate surface area is 185 Å². The van der Waals surface area contributed by atoms with E-state index < -0.39 is 27.1 Å². The van der Waals surface area contributed by atoms with Crippen molar-refractivity contribution in [3.8, 4) is 0 Å². The van der Waals surface area contributed by atoms with Gasteiger partial charge in [-0.15, -0.1) is 0 Å². The number of aryl methyl sites for hydroxylation is 1. The van der Waals surface area contributed by atoms with Crippen molar-refractivity contribution in [3.05, 3.63) is 106 Å². The summed E-state index contributed by atoms with van der Waals surface area (Å²) in [4.78, 5) is 22.6. The predicted octanol–water partition coefficient (Wildman–Crippen LogP) is 4.04. The van der Waals surface area contributed by atoms with Crippen LogP contribution in [0.4, 0.5) is 5.69 Å². The van der Waals surface area contributed by atoms with Crippen LogP contribution < -0.4 is 0 Å². The number of carbonyl (C=O) groups is 1. The standard InChI is InChI=1S/C23H21NO7S/c25-23(30-17-19-9-5-2-6-10-19)22(16-11-18-7-3-1-4-8-18)31-32(28,29)21-14-12-20(13-15-21)24(26)27/h1-10,12-15,22H,11,16-17H2/t22-/m1/s1. The van der Waals surface area contributed by atoms with E-state index in [1.54, 1.807) is 24.3 Å². The van der Waals surface area contributed by atoms with E-state index in [1.807, 2.05) is 36.4 Å². The molecule has 8 nitrogen and oxygen atoms in total. The summed E-state index contributed by atoms with van der Waals surface area (Å²) in [6.45, 7) is -0.0253. The molecule has 0 amide bonds. The van der Waals surface area contributed by atoms with Crippen molar-refractivity contribution in [2.45, 2.75) is 30.4 Å². The highest BCUT2D eigenvalue weighted by atomic mass is 32.2. The molecule has 0 aliphatic heterocycles. The first-order valence-corrected chi connectivity index (χ1v) is 11.2. The van der Waals surface area contributed by atoms with Crippen LogP contribution in [0.25, 0.3) is 0 Å². The first-order valence-electron chi connectivity index (χ1n) is 9.77. The van der Waals surface area contributed by atoms with E-state index in [0.29, 0.717) is 6.42 Å². The van der Waals surface area contributed by atoms with E-state index in [9.17, 15) is 23.3 Å². The Bertz CT molecular complexity index is 1150. The van der Waals surface area contributed by atoms with E-state index in [0.717, 1.165) is 35.4 Å². The second-order valence-corrected chi connectivity index (χ2v) is 8.48. The Morgan fingerprint density at radius 3 is 2.00 bits per heavy atom. The van der Waals surface area contributed by atoms with Crippen LogP contribution in [-0.4, -0.2) is 25.4 Å². The Kier molecular flexibility index (Phi) is 7.69. The molecule has 0 unspecified atom stereocenters. The molecule has 32 heavy (non-hydrogen) atoms. The van der Waals surface area contributed by atoms with Crippen LogP contribution >= 0.6 is 0 Å². The smallest absolute Gasteiger partial charge is 0.337 e. The van der Waals surface area contributed by atoms with Gasteiger partial charge in [-0.2, -0.15) is 8.42 Å². The average Bonchev–Trinajstić information content (AvgIpc) is 2.81. The maximum atomic E-state index is 12.7. The number of non-ortho nitro benzene ring substituents is 1. The third kappa shape index (κ3) is 6.47. The zero-order chi connectivity index (χ0) is 23.0. The molecular weight excluding hydrogens is 434 g/mol. The van der Waals surface area contributed by atoms with Gasteiger partial charge in [-0.25, -0.2) is 4.79 Å². The highest BCUT2D eigenvalue weighted by Gasteiger charge is 2.29. The number of esters is 1. The maximum absolute atomic E-state index is 12.7. The number of nitro benzene ring substituents is 1. The van der Waals surface area contributed by atoms with E-state index >= 15 is 0 Å². The van der Waals surface area contributed by atoms with Gasteiger partial charge in [0.05, 0.1) is 9.82 Å². The number of ether oxygens (including phenoxy) is 1. The molecule has 0 aliphatic rings. The van der Waals surface area contributed by atoms with Crippen LogP contribution in [0.5, 0.6) is 0 Å². The fraction of sp³-hybridized carbons (Fsp3) is 0.174. The quantitative estimate of drug-likeness (QED) is 0.196. The number of hydrogen-bond donors (Lipinski definition) is 0. The fourth-order valence-electron chi connectivity index (χ4n) is 2.91. The average molecular weight is 455 g/mol. The summed E-state index contributed by atoms with van der Waals surface area (Å²) >= 11 is 0. The van der Waals surface area contributed by atoms with Crippen molar-refractivity contribution in [2.24, 2.45) is 0 Å². The Morgan fingerprint density at radius 1 is 0.875 bits per heavy atom. The molecule has 3 aromatic carbocycles. The van der Waals surface area contributed by atoms with Crippen LogP contribution in [0, 0.1) is 10.1 Å². The number of benzene rings is 3. The van der Waals surface area contributed by atoms with Gasteiger partial charge < -0.3 is 4.74 Å². The van der Waals surface area contributed by atoms with Crippen LogP contribution in [0.15, 0.2) is 89.8 Å². The van der Waals surface area contributed by atoms with Gasteiger partial charge in [0.1, 0.15) is 6.61 Å². The molecule has 0 aromatic heterocycles. The lowest BCUT2D eigenvalue weighted by Gasteiger charge is -2.17. The lowest BCUT2D eigenvalue weighted by molar-refractivity contribution is -0.384. The third-order valence-corrected chi connectivity index (χ3v) is 5.94. The normalized spacial score (nSPS) is 12.1. The molecular formula is C23H21NO7S. The summed E-state index contributed by atoms with van der Waals surface area (Å²) in [5.74, 6) is -0.810. The predicted molar refractivity (Wildman–Crippen MR) is 116 cm³/mol. The van der Waals surface area contributed by atoms with Crippen molar-refractivity contribution < 1.29 is 27.1 Å². The minimum atomic E-state index is -4.36. The Hall–Kier alpha value is -3.56. The topological polar surface area (TPSA) is 113 Å². The molecule has 0 heterocycles. The molecule has 0 spiro atoms. The zero-order valence-corrected chi connectivity index (χ0v) is 17.8. The van der Waals surface area contributed by atoms with Crippen molar-refractivity contribution in [1.82, 2.24) is 0 Å². The second kappa shape index (κ2) is 10.7. The molecule has 0 bridgehead atoms. The van der Waals surface area contributed by atoms with Gasteiger partial charge in [0.15, 0.2) is 6.10 Å². The van der Waals surface area contributed by atoms with E-state index in [1.165, 1.54) is 0 Å². The maximum Gasteiger partial charge on any atom is 0.337 e. The summed E-state index contributed by atoms with van der Waals surface area (Å²) in [7, 11) is -4.36. The van der Waals surface area contributed by atoms with Gasteiger partial charge in [-0.05, 0) is 36.1 Å². The van der Waals surface area contributed by atoms with E-state index in [-0.39, 0.29) is 23.6 Å². The highest BCUT2D eigenvalue weighted by Crippen LogP contribution is 2.21. The van der Waals surface area contributed by atoms with Gasteiger partial charge >= 0.3 is 5.97 Å². The van der Waals surface area contributed by atoms with Crippen LogP contribution in [0.1, 0.15) is 17.5 Å². The molecule has 1 atom stereocenters. The van der Waals surface area contributed by atoms with Gasteiger partial charge in [0, 0.05) is 12.1 Å². The van der Waals surface area contributed by atoms with Crippen molar-refractivity contribution in [2.75, 3.05) is 0 Å². The molecule has 9 heteroatoms. The summed E-state index contributed by atoms with van der Waals surface area (Å²) in [6, 6.07) is 22.5. The highest BCUT2D eigenvalue weighted by molar-refractivity contribution is 7.86. The number of rotatable bonds is 10. The van der Waals surface area contributed by atoms with Crippen LogP contribution in [0.2, 0.25) is 0 Å². The second-order valence-electron chi connectivity index (χ2n) is 6.91. The number of nitrogens with zero attached hydrogens (tertiary/aromatic N) is 1. The third-order valence-electron chi connectivity index (χ3n) is 4.60. The zero-order valence-electron chi connectivity index (χ0n) is 17.0.